The third kappa shape index (κ3) is 3.29. The zero-order valence-corrected chi connectivity index (χ0v) is 12.2. The molecule has 4 nitrogen and oxygen atoms in total. The van der Waals surface area contributed by atoms with Gasteiger partial charge in [-0.3, -0.25) is 9.59 Å². The van der Waals surface area contributed by atoms with Crippen molar-refractivity contribution in [2.45, 2.75) is 6.42 Å². The molecule has 23 heavy (non-hydrogen) atoms. The molecule has 0 fully saturated rings. The van der Waals surface area contributed by atoms with Gasteiger partial charge in [-0.15, -0.1) is 0 Å². The van der Waals surface area contributed by atoms with E-state index in [0.29, 0.717) is 23.0 Å². The maximum atomic E-state index is 13.5. The average Bonchev–Trinajstić information content (AvgIpc) is 2.56. The Bertz CT molecular complexity index is 917. The van der Waals surface area contributed by atoms with Crippen molar-refractivity contribution in [3.63, 3.8) is 0 Å². The van der Waals surface area contributed by atoms with E-state index < -0.39 is 5.91 Å². The van der Waals surface area contributed by atoms with Crippen LogP contribution in [-0.4, -0.2) is 12.5 Å². The molecule has 116 valence electrons. The van der Waals surface area contributed by atoms with Crippen LogP contribution in [0.15, 0.2) is 63.8 Å². The fourth-order valence-electron chi connectivity index (χ4n) is 2.31. The van der Waals surface area contributed by atoms with Gasteiger partial charge in [-0.25, -0.2) is 4.39 Å². The van der Waals surface area contributed by atoms with E-state index in [2.05, 4.69) is 5.32 Å². The lowest BCUT2D eigenvalue weighted by Crippen LogP contribution is -2.26. The predicted molar refractivity (Wildman–Crippen MR) is 84.9 cm³/mol. The van der Waals surface area contributed by atoms with Gasteiger partial charge in [0.2, 0.25) is 0 Å². The number of nitrogens with one attached hydrogen (secondary N) is 1. The molecular weight excluding hydrogens is 297 g/mol. The van der Waals surface area contributed by atoms with E-state index >= 15 is 0 Å². The summed E-state index contributed by atoms with van der Waals surface area (Å²) in [7, 11) is 0. The lowest BCUT2D eigenvalue weighted by Gasteiger charge is -2.06. The van der Waals surface area contributed by atoms with Crippen molar-refractivity contribution in [3.8, 4) is 0 Å². The topological polar surface area (TPSA) is 59.3 Å². The van der Waals surface area contributed by atoms with Crippen molar-refractivity contribution in [1.82, 2.24) is 5.32 Å². The third-order valence-corrected chi connectivity index (χ3v) is 3.50. The summed E-state index contributed by atoms with van der Waals surface area (Å²) in [5.74, 6) is -0.856. The van der Waals surface area contributed by atoms with Crippen LogP contribution in [0.25, 0.3) is 11.0 Å². The summed E-state index contributed by atoms with van der Waals surface area (Å²) in [6, 6.07) is 14.3. The molecule has 1 amide bonds. The molecule has 0 aliphatic carbocycles. The molecule has 0 spiro atoms. The van der Waals surface area contributed by atoms with E-state index in [0.717, 1.165) is 0 Å². The molecule has 0 atom stereocenters. The summed E-state index contributed by atoms with van der Waals surface area (Å²) >= 11 is 0. The van der Waals surface area contributed by atoms with Gasteiger partial charge < -0.3 is 9.73 Å². The molecule has 0 radical (unpaired) electrons. The molecule has 0 aliphatic rings. The molecule has 1 N–H and O–H groups in total. The van der Waals surface area contributed by atoms with E-state index in [9.17, 15) is 14.0 Å². The summed E-state index contributed by atoms with van der Waals surface area (Å²) in [5, 5.41) is 3.05. The Morgan fingerprint density at radius 3 is 2.65 bits per heavy atom. The molecule has 0 saturated carbocycles. The maximum absolute atomic E-state index is 13.5. The van der Waals surface area contributed by atoms with Crippen molar-refractivity contribution in [2.75, 3.05) is 6.54 Å². The van der Waals surface area contributed by atoms with Gasteiger partial charge in [-0.05, 0) is 30.2 Å². The van der Waals surface area contributed by atoms with Crippen LogP contribution >= 0.6 is 0 Å². The summed E-state index contributed by atoms with van der Waals surface area (Å²) in [6.45, 7) is 0.246. The highest BCUT2D eigenvalue weighted by Gasteiger charge is 2.12. The highest BCUT2D eigenvalue weighted by atomic mass is 19.1. The summed E-state index contributed by atoms with van der Waals surface area (Å²) in [4.78, 5) is 24.0. The lowest BCUT2D eigenvalue weighted by atomic mass is 10.1. The number of para-hydroxylation sites is 1. The van der Waals surface area contributed by atoms with Crippen molar-refractivity contribution in [2.24, 2.45) is 0 Å². The lowest BCUT2D eigenvalue weighted by molar-refractivity contribution is 0.0927. The predicted octanol–water partition coefficient (Wildman–Crippen LogP) is 2.90. The van der Waals surface area contributed by atoms with Gasteiger partial charge in [0, 0.05) is 12.6 Å². The number of amides is 1. The molecular formula is C18H14FNO3. The van der Waals surface area contributed by atoms with Crippen molar-refractivity contribution in [3.05, 3.63) is 82.0 Å². The van der Waals surface area contributed by atoms with Gasteiger partial charge in [0.25, 0.3) is 5.91 Å². The second kappa shape index (κ2) is 6.44. The standard InChI is InChI=1S/C18H14FNO3/c19-14-7-3-1-5-12(14)9-10-20-18(22)17-11-15(21)13-6-2-4-8-16(13)23-17/h1-8,11H,9-10H2,(H,20,22). The van der Waals surface area contributed by atoms with Crippen LogP contribution in [0, 0.1) is 5.82 Å². The number of hydrogen-bond acceptors (Lipinski definition) is 3. The minimum absolute atomic E-state index is 0.0535. The zero-order valence-electron chi connectivity index (χ0n) is 12.2. The molecule has 5 heteroatoms. The highest BCUT2D eigenvalue weighted by Crippen LogP contribution is 2.11. The van der Waals surface area contributed by atoms with Crippen LogP contribution in [0.5, 0.6) is 0 Å². The smallest absolute Gasteiger partial charge is 0.287 e. The highest BCUT2D eigenvalue weighted by molar-refractivity contribution is 5.93. The minimum Gasteiger partial charge on any atom is -0.451 e. The zero-order chi connectivity index (χ0) is 16.2. The van der Waals surface area contributed by atoms with Gasteiger partial charge in [-0.1, -0.05) is 30.3 Å². The molecule has 3 aromatic rings. The van der Waals surface area contributed by atoms with Gasteiger partial charge in [0.15, 0.2) is 11.2 Å². The summed E-state index contributed by atoms with van der Waals surface area (Å²) in [5.41, 5.74) is 0.609. The fourth-order valence-corrected chi connectivity index (χ4v) is 2.31. The van der Waals surface area contributed by atoms with E-state index in [4.69, 9.17) is 4.42 Å². The normalized spacial score (nSPS) is 10.7. The molecule has 0 aliphatic heterocycles. The van der Waals surface area contributed by atoms with Crippen LogP contribution in [-0.2, 0) is 6.42 Å². The Labute approximate surface area is 131 Å². The van der Waals surface area contributed by atoms with Crippen molar-refractivity contribution >= 4 is 16.9 Å². The molecule has 1 aromatic heterocycles. The number of hydrogen-bond donors (Lipinski definition) is 1. The van der Waals surface area contributed by atoms with E-state index in [-0.39, 0.29) is 23.6 Å². The van der Waals surface area contributed by atoms with Gasteiger partial charge in [0.1, 0.15) is 11.4 Å². The molecule has 0 unspecified atom stereocenters. The average molecular weight is 311 g/mol. The summed E-state index contributed by atoms with van der Waals surface area (Å²) in [6.07, 6.45) is 0.357. The molecule has 1 heterocycles. The Kier molecular flexibility index (Phi) is 4.19. The minimum atomic E-state index is -0.496. The monoisotopic (exact) mass is 311 g/mol. The van der Waals surface area contributed by atoms with Crippen LogP contribution in [0.1, 0.15) is 16.1 Å². The molecule has 2 aromatic carbocycles. The van der Waals surface area contributed by atoms with Gasteiger partial charge in [-0.2, -0.15) is 0 Å². The second-order valence-corrected chi connectivity index (χ2v) is 5.07. The van der Waals surface area contributed by atoms with Crippen LogP contribution in [0.3, 0.4) is 0 Å². The number of benzene rings is 2. The first-order valence-corrected chi connectivity index (χ1v) is 7.19. The number of rotatable bonds is 4. The molecule has 3 rings (SSSR count). The van der Waals surface area contributed by atoms with Crippen LogP contribution in [0.4, 0.5) is 4.39 Å². The Hall–Kier alpha value is -2.95. The van der Waals surface area contributed by atoms with Crippen LogP contribution < -0.4 is 10.7 Å². The first-order chi connectivity index (χ1) is 11.1. The SMILES string of the molecule is O=C(NCCc1ccccc1F)c1cc(=O)c2ccccc2o1. The second-order valence-electron chi connectivity index (χ2n) is 5.07. The number of fused-ring (bicyclic) bond motifs is 1. The first kappa shape index (κ1) is 15.0. The Morgan fingerprint density at radius 1 is 1.09 bits per heavy atom. The number of carbonyl (C=O) groups is 1. The van der Waals surface area contributed by atoms with Gasteiger partial charge in [0.05, 0.1) is 5.39 Å². The number of halogens is 1. The third-order valence-electron chi connectivity index (χ3n) is 3.50. The summed E-state index contributed by atoms with van der Waals surface area (Å²) < 4.78 is 18.9. The van der Waals surface area contributed by atoms with Gasteiger partial charge >= 0.3 is 0 Å². The fraction of sp³-hybridized carbons (Fsp3) is 0.111. The largest absolute Gasteiger partial charge is 0.451 e. The van der Waals surface area contributed by atoms with Crippen molar-refractivity contribution in [1.29, 1.82) is 0 Å². The quantitative estimate of drug-likeness (QED) is 0.806. The van der Waals surface area contributed by atoms with E-state index in [1.807, 2.05) is 0 Å². The van der Waals surface area contributed by atoms with Crippen LogP contribution in [0.2, 0.25) is 0 Å². The maximum Gasteiger partial charge on any atom is 0.287 e. The van der Waals surface area contributed by atoms with Crippen molar-refractivity contribution < 1.29 is 13.6 Å². The molecule has 0 bridgehead atoms. The molecule has 0 saturated heterocycles. The Balaban J connectivity index is 1.71. The Morgan fingerprint density at radius 2 is 1.83 bits per heavy atom. The van der Waals surface area contributed by atoms with E-state index in [1.54, 1.807) is 42.5 Å². The van der Waals surface area contributed by atoms with E-state index in [1.165, 1.54) is 12.1 Å². The number of carbonyl (C=O) groups excluding carboxylic acids is 1. The first-order valence-electron chi connectivity index (χ1n) is 7.19.